The molecule has 2 rings (SSSR count). The van der Waals surface area contributed by atoms with Crippen LogP contribution in [0.2, 0.25) is 0 Å². The van der Waals surface area contributed by atoms with Crippen molar-refractivity contribution in [3.8, 4) is 0 Å². The fourth-order valence-electron chi connectivity index (χ4n) is 2.77. The zero-order valence-electron chi connectivity index (χ0n) is 11.8. The number of anilines is 1. The Kier molecular flexibility index (Phi) is 4.62. The Bertz CT molecular complexity index is 378. The molecule has 1 atom stereocenters. The molecule has 0 radical (unpaired) electrons. The number of nitrogens with zero attached hydrogens (tertiary/aromatic N) is 2. The van der Waals surface area contributed by atoms with Crippen LogP contribution in [0.1, 0.15) is 56.1 Å². The van der Waals surface area contributed by atoms with Gasteiger partial charge in [-0.2, -0.15) is 0 Å². The summed E-state index contributed by atoms with van der Waals surface area (Å²) in [5, 5.41) is 1.18. The van der Waals surface area contributed by atoms with E-state index in [1.54, 1.807) is 11.3 Å². The molecule has 0 spiro atoms. The van der Waals surface area contributed by atoms with Gasteiger partial charge in [-0.05, 0) is 32.6 Å². The van der Waals surface area contributed by atoms with Gasteiger partial charge in [0.05, 0.1) is 5.69 Å². The minimum absolute atomic E-state index is 0.105. The molecule has 1 aromatic heterocycles. The Labute approximate surface area is 114 Å². The summed E-state index contributed by atoms with van der Waals surface area (Å²) in [6, 6.07) is 0.105. The van der Waals surface area contributed by atoms with E-state index in [9.17, 15) is 0 Å². The first-order chi connectivity index (χ1) is 8.61. The maximum absolute atomic E-state index is 5.97. The first kappa shape index (κ1) is 13.8. The molecule has 1 unspecified atom stereocenters. The lowest BCUT2D eigenvalue weighted by molar-refractivity contribution is 0.378. The number of hydrogen-bond acceptors (Lipinski definition) is 4. The number of hydrogen-bond donors (Lipinski definition) is 1. The minimum atomic E-state index is 0.105. The summed E-state index contributed by atoms with van der Waals surface area (Å²) < 4.78 is 0. The van der Waals surface area contributed by atoms with E-state index in [2.05, 4.69) is 18.7 Å². The van der Waals surface area contributed by atoms with Crippen molar-refractivity contribution in [2.24, 2.45) is 11.7 Å². The first-order valence-electron chi connectivity index (χ1n) is 7.09. The van der Waals surface area contributed by atoms with Crippen molar-refractivity contribution in [2.75, 3.05) is 18.0 Å². The Morgan fingerprint density at radius 1 is 1.44 bits per heavy atom. The highest BCUT2D eigenvalue weighted by Crippen LogP contribution is 2.32. The van der Waals surface area contributed by atoms with Gasteiger partial charge in [-0.3, -0.25) is 0 Å². The van der Waals surface area contributed by atoms with Crippen LogP contribution in [-0.4, -0.2) is 18.1 Å². The smallest absolute Gasteiger partial charge is 0.185 e. The number of piperidine rings is 1. The van der Waals surface area contributed by atoms with Crippen LogP contribution < -0.4 is 10.6 Å². The van der Waals surface area contributed by atoms with Crippen molar-refractivity contribution < 1.29 is 0 Å². The van der Waals surface area contributed by atoms with Crippen molar-refractivity contribution in [1.82, 2.24) is 4.98 Å². The van der Waals surface area contributed by atoms with Crippen LogP contribution in [-0.2, 0) is 0 Å². The van der Waals surface area contributed by atoms with Crippen molar-refractivity contribution in [3.63, 3.8) is 0 Å². The van der Waals surface area contributed by atoms with E-state index in [0.29, 0.717) is 0 Å². The average Bonchev–Trinajstić information content (AvgIpc) is 2.73. The van der Waals surface area contributed by atoms with Gasteiger partial charge in [0, 0.05) is 24.0 Å². The van der Waals surface area contributed by atoms with E-state index < -0.39 is 0 Å². The fraction of sp³-hybridized carbons (Fsp3) is 0.786. The molecule has 0 aliphatic carbocycles. The predicted octanol–water partition coefficient (Wildman–Crippen LogP) is 3.49. The average molecular weight is 267 g/mol. The van der Waals surface area contributed by atoms with Gasteiger partial charge in [0.1, 0.15) is 0 Å². The van der Waals surface area contributed by atoms with E-state index in [4.69, 9.17) is 10.7 Å². The number of aryl methyl sites for hydroxylation is 1. The Balaban J connectivity index is 1.99. The second-order valence-corrected chi connectivity index (χ2v) is 6.46. The zero-order chi connectivity index (χ0) is 13.1. The van der Waals surface area contributed by atoms with E-state index in [1.807, 2.05) is 6.92 Å². The van der Waals surface area contributed by atoms with Crippen LogP contribution >= 0.6 is 11.3 Å². The lowest BCUT2D eigenvalue weighted by Crippen LogP contribution is -2.33. The first-order valence-corrected chi connectivity index (χ1v) is 7.91. The van der Waals surface area contributed by atoms with Gasteiger partial charge in [-0.1, -0.05) is 19.8 Å². The molecular formula is C14H25N3S. The molecule has 4 heteroatoms. The number of aromatic nitrogens is 1. The van der Waals surface area contributed by atoms with Gasteiger partial charge in [-0.15, -0.1) is 11.3 Å². The number of thiazole rings is 1. The Hall–Kier alpha value is -0.610. The highest BCUT2D eigenvalue weighted by Gasteiger charge is 2.22. The van der Waals surface area contributed by atoms with Gasteiger partial charge >= 0.3 is 0 Å². The molecule has 1 saturated heterocycles. The van der Waals surface area contributed by atoms with Crippen LogP contribution in [0.3, 0.4) is 0 Å². The quantitative estimate of drug-likeness (QED) is 0.908. The summed E-state index contributed by atoms with van der Waals surface area (Å²) in [4.78, 5) is 8.37. The fourth-order valence-corrected chi connectivity index (χ4v) is 3.84. The van der Waals surface area contributed by atoms with E-state index in [0.717, 1.165) is 24.7 Å². The summed E-state index contributed by atoms with van der Waals surface area (Å²) in [5.74, 6) is 0.931. The third kappa shape index (κ3) is 3.04. The van der Waals surface area contributed by atoms with Crippen LogP contribution in [0.15, 0.2) is 0 Å². The van der Waals surface area contributed by atoms with E-state index in [1.165, 1.54) is 35.7 Å². The standard InChI is InChI=1S/C14H25N3S/c1-4-5-12-6-8-17(9-7-12)14-16-11(3)13(18-14)10(2)15/h10,12H,4-9,15H2,1-3H3. The van der Waals surface area contributed by atoms with Gasteiger partial charge in [0.2, 0.25) is 0 Å². The summed E-state index contributed by atoms with van der Waals surface area (Å²) in [6.07, 6.45) is 5.34. The molecule has 2 N–H and O–H groups in total. The molecule has 102 valence electrons. The molecule has 3 nitrogen and oxygen atoms in total. The molecule has 2 heterocycles. The SMILES string of the molecule is CCCC1CCN(c2nc(C)c(C(C)N)s2)CC1. The normalized spacial score (nSPS) is 19.2. The highest BCUT2D eigenvalue weighted by atomic mass is 32.1. The number of rotatable bonds is 4. The van der Waals surface area contributed by atoms with Gasteiger partial charge in [0.25, 0.3) is 0 Å². The lowest BCUT2D eigenvalue weighted by atomic mass is 9.93. The van der Waals surface area contributed by atoms with Crippen molar-refractivity contribution in [1.29, 1.82) is 0 Å². The molecule has 1 fully saturated rings. The summed E-state index contributed by atoms with van der Waals surface area (Å²) in [7, 11) is 0. The van der Waals surface area contributed by atoms with Crippen LogP contribution in [0, 0.1) is 12.8 Å². The monoisotopic (exact) mass is 267 g/mol. The van der Waals surface area contributed by atoms with E-state index >= 15 is 0 Å². The van der Waals surface area contributed by atoms with Gasteiger partial charge in [0.15, 0.2) is 5.13 Å². The van der Waals surface area contributed by atoms with Crippen LogP contribution in [0.25, 0.3) is 0 Å². The summed E-state index contributed by atoms with van der Waals surface area (Å²) in [5.41, 5.74) is 7.08. The molecule has 1 aliphatic rings. The van der Waals surface area contributed by atoms with Gasteiger partial charge in [-0.25, -0.2) is 4.98 Å². The van der Waals surface area contributed by atoms with Crippen LogP contribution in [0.5, 0.6) is 0 Å². The molecule has 1 aromatic rings. The maximum atomic E-state index is 5.97. The Morgan fingerprint density at radius 2 is 2.11 bits per heavy atom. The topological polar surface area (TPSA) is 42.2 Å². The minimum Gasteiger partial charge on any atom is -0.348 e. The third-order valence-corrected chi connectivity index (χ3v) is 5.24. The number of nitrogens with two attached hydrogens (primary N) is 1. The van der Waals surface area contributed by atoms with Crippen molar-refractivity contribution in [2.45, 2.75) is 52.5 Å². The van der Waals surface area contributed by atoms with E-state index in [-0.39, 0.29) is 6.04 Å². The third-order valence-electron chi connectivity index (χ3n) is 3.82. The second kappa shape index (κ2) is 6.02. The molecule has 0 amide bonds. The molecular weight excluding hydrogens is 242 g/mol. The zero-order valence-corrected chi connectivity index (χ0v) is 12.6. The predicted molar refractivity (Wildman–Crippen MR) is 79.3 cm³/mol. The largest absolute Gasteiger partial charge is 0.348 e. The second-order valence-electron chi connectivity index (χ2n) is 5.45. The van der Waals surface area contributed by atoms with Crippen molar-refractivity contribution in [3.05, 3.63) is 10.6 Å². The maximum Gasteiger partial charge on any atom is 0.185 e. The molecule has 18 heavy (non-hydrogen) atoms. The van der Waals surface area contributed by atoms with Crippen LogP contribution in [0.4, 0.5) is 5.13 Å². The Morgan fingerprint density at radius 3 is 2.61 bits per heavy atom. The molecule has 0 bridgehead atoms. The lowest BCUT2D eigenvalue weighted by Gasteiger charge is -2.31. The summed E-state index contributed by atoms with van der Waals surface area (Å²) in [6.45, 7) is 8.72. The molecule has 1 aliphatic heterocycles. The molecule has 0 saturated carbocycles. The summed E-state index contributed by atoms with van der Waals surface area (Å²) >= 11 is 1.78. The van der Waals surface area contributed by atoms with Gasteiger partial charge < -0.3 is 10.6 Å². The van der Waals surface area contributed by atoms with Crippen molar-refractivity contribution >= 4 is 16.5 Å². The highest BCUT2D eigenvalue weighted by molar-refractivity contribution is 7.15. The molecule has 0 aromatic carbocycles.